The summed E-state index contributed by atoms with van der Waals surface area (Å²) in [6, 6.07) is 7.69. The molecule has 4 aromatic rings. The highest BCUT2D eigenvalue weighted by Gasteiger charge is 2.39. The minimum atomic E-state index is -5.08. The molecule has 1 aliphatic heterocycles. The number of H-pyrrole nitrogens is 1. The molecule has 0 fully saturated rings. The van der Waals surface area contributed by atoms with E-state index in [0.29, 0.717) is 34.5 Å². The van der Waals surface area contributed by atoms with Crippen molar-refractivity contribution in [1.82, 2.24) is 19.9 Å². The molecule has 43 heavy (non-hydrogen) atoms. The lowest BCUT2D eigenvalue weighted by atomic mass is 10.1. The van der Waals surface area contributed by atoms with E-state index in [2.05, 4.69) is 25.3 Å². The molecule has 4 heterocycles. The highest BCUT2D eigenvalue weighted by Crippen LogP contribution is 2.43. The third kappa shape index (κ3) is 7.74. The third-order valence-electron chi connectivity index (χ3n) is 5.15. The molecule has 228 valence electrons. The quantitative estimate of drug-likeness (QED) is 0.151. The minimum absolute atomic E-state index is 0.0555. The first kappa shape index (κ1) is 32.3. The molecule has 9 nitrogen and oxygen atoms in total. The van der Waals surface area contributed by atoms with Crippen molar-refractivity contribution >= 4 is 23.4 Å². The molecular formula is C24H13F10N5O4. The van der Waals surface area contributed by atoms with Gasteiger partial charge < -0.3 is 20.5 Å². The van der Waals surface area contributed by atoms with Gasteiger partial charge in [0.1, 0.15) is 23.2 Å². The summed E-state index contributed by atoms with van der Waals surface area (Å²) in [5.74, 6) is -5.85. The van der Waals surface area contributed by atoms with E-state index in [0.717, 1.165) is 17.7 Å². The van der Waals surface area contributed by atoms with Crippen molar-refractivity contribution < 1.29 is 63.7 Å². The minimum Gasteiger partial charge on any atom is -0.475 e. The standard InChI is InChI=1S/C20H11F4N5.2C2HF3O2/c21-14-8-10(20(22,23)24)3-4-11(14)19-28-16-12-5-7-25-9-15(12)27-18-13(17(16)29-19)2-1-6-26-18;2*3-2(4,5)1(6)7/h1-9H,(H,26,27)(H,28,29);2*(H,6,7). The van der Waals surface area contributed by atoms with Crippen molar-refractivity contribution in [3.8, 4) is 33.9 Å². The van der Waals surface area contributed by atoms with Crippen LogP contribution in [0.2, 0.25) is 0 Å². The van der Waals surface area contributed by atoms with E-state index >= 15 is 0 Å². The number of carboxylic acids is 2. The summed E-state index contributed by atoms with van der Waals surface area (Å²) in [6.45, 7) is 0. The van der Waals surface area contributed by atoms with Crippen molar-refractivity contribution in [2.75, 3.05) is 5.32 Å². The smallest absolute Gasteiger partial charge is 0.475 e. The van der Waals surface area contributed by atoms with Gasteiger partial charge in [-0.3, -0.25) is 4.98 Å². The molecule has 0 spiro atoms. The summed E-state index contributed by atoms with van der Waals surface area (Å²) in [7, 11) is 0. The number of carbonyl (C=O) groups is 2. The number of pyridine rings is 2. The van der Waals surface area contributed by atoms with Crippen LogP contribution in [0.5, 0.6) is 0 Å². The van der Waals surface area contributed by atoms with E-state index in [9.17, 15) is 43.9 Å². The second kappa shape index (κ2) is 11.9. The van der Waals surface area contributed by atoms with E-state index in [1.54, 1.807) is 36.8 Å². The van der Waals surface area contributed by atoms with Crippen LogP contribution in [-0.4, -0.2) is 54.4 Å². The van der Waals surface area contributed by atoms with Gasteiger partial charge in [-0.05, 0) is 36.4 Å². The van der Waals surface area contributed by atoms with Gasteiger partial charge in [-0.15, -0.1) is 0 Å². The number of nitrogens with one attached hydrogen (secondary N) is 2. The maximum absolute atomic E-state index is 14.5. The van der Waals surface area contributed by atoms with Crippen LogP contribution in [0.4, 0.5) is 55.4 Å². The van der Waals surface area contributed by atoms with Gasteiger partial charge in [-0.2, -0.15) is 39.5 Å². The summed E-state index contributed by atoms with van der Waals surface area (Å²) in [4.78, 5) is 33.8. The Hall–Kier alpha value is -5.23. The zero-order valence-electron chi connectivity index (χ0n) is 20.5. The maximum Gasteiger partial charge on any atom is 0.490 e. The summed E-state index contributed by atoms with van der Waals surface area (Å²) >= 11 is 0. The second-order valence-corrected chi connectivity index (χ2v) is 8.05. The van der Waals surface area contributed by atoms with Crippen molar-refractivity contribution in [3.05, 3.63) is 66.4 Å². The van der Waals surface area contributed by atoms with Gasteiger partial charge in [-0.1, -0.05) is 0 Å². The predicted molar refractivity (Wildman–Crippen MR) is 126 cm³/mol. The van der Waals surface area contributed by atoms with Gasteiger partial charge in [-0.25, -0.2) is 23.9 Å². The number of aliphatic carboxylic acids is 2. The van der Waals surface area contributed by atoms with Gasteiger partial charge in [0.15, 0.2) is 0 Å². The van der Waals surface area contributed by atoms with Gasteiger partial charge >= 0.3 is 30.5 Å². The van der Waals surface area contributed by atoms with Crippen LogP contribution in [0.15, 0.2) is 55.0 Å². The number of rotatable bonds is 1. The van der Waals surface area contributed by atoms with Crippen LogP contribution >= 0.6 is 0 Å². The first-order valence-corrected chi connectivity index (χ1v) is 11.0. The second-order valence-electron chi connectivity index (χ2n) is 8.05. The van der Waals surface area contributed by atoms with Gasteiger partial charge in [0.2, 0.25) is 0 Å². The Bertz CT molecular complexity index is 1560. The van der Waals surface area contributed by atoms with Crippen molar-refractivity contribution in [2.45, 2.75) is 18.5 Å². The van der Waals surface area contributed by atoms with E-state index in [-0.39, 0.29) is 11.4 Å². The molecule has 0 saturated carbocycles. The number of hydrogen-bond acceptors (Lipinski definition) is 6. The number of carboxylic acid groups (broad SMARTS) is 2. The molecule has 0 aliphatic carbocycles. The highest BCUT2D eigenvalue weighted by molar-refractivity contribution is 5.95. The van der Waals surface area contributed by atoms with Gasteiger partial charge in [0.05, 0.1) is 28.7 Å². The Morgan fingerprint density at radius 1 is 0.791 bits per heavy atom. The summed E-state index contributed by atoms with van der Waals surface area (Å²) in [6.07, 6.45) is -9.94. The summed E-state index contributed by atoms with van der Waals surface area (Å²) in [5.41, 5.74) is 2.08. The van der Waals surface area contributed by atoms with Gasteiger partial charge in [0.25, 0.3) is 0 Å². The van der Waals surface area contributed by atoms with Crippen LogP contribution in [-0.2, 0) is 15.8 Å². The number of alkyl halides is 9. The van der Waals surface area contributed by atoms with Crippen LogP contribution in [0.25, 0.3) is 33.9 Å². The lowest BCUT2D eigenvalue weighted by molar-refractivity contribution is -0.193. The topological polar surface area (TPSA) is 141 Å². The number of aromatic amines is 1. The molecule has 0 unspecified atom stereocenters. The number of anilines is 2. The van der Waals surface area contributed by atoms with Crippen LogP contribution in [0.3, 0.4) is 0 Å². The fourth-order valence-corrected chi connectivity index (χ4v) is 3.31. The Morgan fingerprint density at radius 2 is 1.40 bits per heavy atom. The fraction of sp³-hybridized carbons (Fsp3) is 0.125. The third-order valence-corrected chi connectivity index (χ3v) is 5.15. The molecule has 0 atom stereocenters. The van der Waals surface area contributed by atoms with Crippen LogP contribution in [0.1, 0.15) is 5.56 Å². The number of benzene rings is 1. The molecule has 4 N–H and O–H groups in total. The SMILES string of the molecule is Fc1cc(C(F)(F)F)ccc1-c1nc2c([nH]1)-c1ccncc1Nc1ncccc1-2.O=C(O)C(F)(F)F.O=C(O)C(F)(F)F. The maximum atomic E-state index is 14.5. The number of aromatic nitrogens is 4. The normalized spacial score (nSPS) is 12.0. The van der Waals surface area contributed by atoms with Crippen molar-refractivity contribution in [1.29, 1.82) is 0 Å². The lowest BCUT2D eigenvalue weighted by Crippen LogP contribution is -2.21. The number of imidazole rings is 1. The molecule has 0 radical (unpaired) electrons. The zero-order valence-corrected chi connectivity index (χ0v) is 20.5. The monoisotopic (exact) mass is 625 g/mol. The van der Waals surface area contributed by atoms with Crippen molar-refractivity contribution in [3.63, 3.8) is 0 Å². The first-order valence-electron chi connectivity index (χ1n) is 11.0. The average molecular weight is 625 g/mol. The van der Waals surface area contributed by atoms with Crippen LogP contribution < -0.4 is 5.32 Å². The summed E-state index contributed by atoms with van der Waals surface area (Å²) in [5, 5.41) is 17.4. The number of halogens is 10. The molecule has 1 aromatic carbocycles. The molecule has 5 rings (SSSR count). The molecule has 0 bridgehead atoms. The number of nitrogens with zero attached hydrogens (tertiary/aromatic N) is 3. The molecule has 0 amide bonds. The van der Waals surface area contributed by atoms with Crippen LogP contribution in [0, 0.1) is 5.82 Å². The van der Waals surface area contributed by atoms with E-state index in [4.69, 9.17) is 19.8 Å². The predicted octanol–water partition coefficient (Wildman–Crippen LogP) is 6.68. The average Bonchev–Trinajstić information content (AvgIpc) is 3.28. The molecule has 19 heteroatoms. The largest absolute Gasteiger partial charge is 0.490 e. The van der Waals surface area contributed by atoms with Gasteiger partial charge in [0, 0.05) is 23.5 Å². The lowest BCUT2D eigenvalue weighted by Gasteiger charge is -2.09. The Balaban J connectivity index is 0.000000303. The van der Waals surface area contributed by atoms with E-state index in [1.165, 1.54) is 0 Å². The highest BCUT2D eigenvalue weighted by atomic mass is 19.4. The fourth-order valence-electron chi connectivity index (χ4n) is 3.31. The Morgan fingerprint density at radius 3 is 1.93 bits per heavy atom. The van der Waals surface area contributed by atoms with Crippen molar-refractivity contribution in [2.24, 2.45) is 0 Å². The van der Waals surface area contributed by atoms with E-state index < -0.39 is 41.8 Å². The molecule has 3 aromatic heterocycles. The summed E-state index contributed by atoms with van der Waals surface area (Å²) < 4.78 is 117. The number of hydrogen-bond donors (Lipinski definition) is 4. The first-order chi connectivity index (χ1) is 19.8. The molecule has 0 saturated heterocycles. The van der Waals surface area contributed by atoms with E-state index in [1.807, 2.05) is 0 Å². The molecular weight excluding hydrogens is 612 g/mol. The number of fused-ring (bicyclic) bond motifs is 5. The Kier molecular flexibility index (Phi) is 8.97. The molecule has 1 aliphatic rings. The zero-order chi connectivity index (χ0) is 32.3. The Labute approximate surface area is 231 Å².